The summed E-state index contributed by atoms with van der Waals surface area (Å²) in [5, 5.41) is 2.01. The molecule has 0 spiro atoms. The van der Waals surface area contributed by atoms with Crippen LogP contribution in [-0.4, -0.2) is 24.4 Å². The summed E-state index contributed by atoms with van der Waals surface area (Å²) >= 11 is 12.1. The van der Waals surface area contributed by atoms with E-state index in [0.29, 0.717) is 22.2 Å². The van der Waals surface area contributed by atoms with Gasteiger partial charge in [0.25, 0.3) is 5.91 Å². The van der Waals surface area contributed by atoms with Gasteiger partial charge in [0.1, 0.15) is 5.58 Å². The van der Waals surface area contributed by atoms with Crippen LogP contribution in [-0.2, 0) is 0 Å². The number of hydrogen-bond acceptors (Lipinski definition) is 2. The van der Waals surface area contributed by atoms with Crippen LogP contribution in [0.2, 0.25) is 10.0 Å². The third-order valence-corrected chi connectivity index (χ3v) is 5.19. The maximum atomic E-state index is 12.8. The summed E-state index contributed by atoms with van der Waals surface area (Å²) < 4.78 is 5.33. The van der Waals surface area contributed by atoms with E-state index in [1.165, 1.54) is 0 Å². The van der Waals surface area contributed by atoms with E-state index >= 15 is 0 Å². The number of hydrogen-bond donors (Lipinski definition) is 0. The molecule has 1 atom stereocenters. The van der Waals surface area contributed by atoms with Crippen LogP contribution in [0.3, 0.4) is 0 Å². The van der Waals surface area contributed by atoms with Crippen molar-refractivity contribution in [1.82, 2.24) is 4.90 Å². The van der Waals surface area contributed by atoms with Crippen LogP contribution in [0.4, 0.5) is 0 Å². The molecule has 3 rings (SSSR count). The standard InChI is InChI=1S/C20H19Cl2NO2/c1-3-13(14-4-6-17(21)18(22)11-14)12-23(2)20(24)16-5-7-19-15(10-16)8-9-25-19/h4-11,13H,3,12H2,1-2H3. The van der Waals surface area contributed by atoms with Gasteiger partial charge in [0, 0.05) is 30.5 Å². The average molecular weight is 376 g/mol. The van der Waals surface area contributed by atoms with Crippen molar-refractivity contribution in [1.29, 1.82) is 0 Å². The Hall–Kier alpha value is -1.97. The lowest BCUT2D eigenvalue weighted by molar-refractivity contribution is 0.0785. The minimum absolute atomic E-state index is 0.0124. The molecule has 3 nitrogen and oxygen atoms in total. The maximum Gasteiger partial charge on any atom is 0.253 e. The zero-order valence-corrected chi connectivity index (χ0v) is 15.6. The van der Waals surface area contributed by atoms with Gasteiger partial charge >= 0.3 is 0 Å². The van der Waals surface area contributed by atoms with E-state index < -0.39 is 0 Å². The van der Waals surface area contributed by atoms with Gasteiger partial charge in [-0.3, -0.25) is 4.79 Å². The molecule has 0 aliphatic rings. The van der Waals surface area contributed by atoms with Crippen molar-refractivity contribution in [3.05, 3.63) is 69.9 Å². The first-order valence-corrected chi connectivity index (χ1v) is 8.93. The van der Waals surface area contributed by atoms with Gasteiger partial charge in [-0.1, -0.05) is 36.2 Å². The fraction of sp³-hybridized carbons (Fsp3) is 0.250. The fourth-order valence-electron chi connectivity index (χ4n) is 2.97. The number of fused-ring (bicyclic) bond motifs is 1. The highest BCUT2D eigenvalue weighted by atomic mass is 35.5. The van der Waals surface area contributed by atoms with Crippen molar-refractivity contribution in [2.24, 2.45) is 0 Å². The molecular formula is C20H19Cl2NO2. The number of amides is 1. The molecule has 1 amide bonds. The summed E-state index contributed by atoms with van der Waals surface area (Å²) in [6, 6.07) is 13.0. The van der Waals surface area contributed by atoms with Crippen LogP contribution in [0.1, 0.15) is 35.2 Å². The van der Waals surface area contributed by atoms with E-state index in [-0.39, 0.29) is 11.8 Å². The first-order chi connectivity index (χ1) is 12.0. The number of halogens is 2. The topological polar surface area (TPSA) is 33.5 Å². The number of carbonyl (C=O) groups is 1. The Morgan fingerprint density at radius 1 is 1.12 bits per heavy atom. The molecule has 1 aromatic heterocycles. The second kappa shape index (κ2) is 7.51. The molecule has 5 heteroatoms. The number of nitrogens with zero attached hydrogens (tertiary/aromatic N) is 1. The molecule has 0 saturated heterocycles. The Kier molecular flexibility index (Phi) is 5.36. The predicted octanol–water partition coefficient (Wildman–Crippen LogP) is 6.01. The van der Waals surface area contributed by atoms with E-state index in [2.05, 4.69) is 6.92 Å². The van der Waals surface area contributed by atoms with Crippen LogP contribution in [0.15, 0.2) is 53.1 Å². The summed E-state index contributed by atoms with van der Waals surface area (Å²) in [6.45, 7) is 2.71. The molecule has 0 aliphatic carbocycles. The number of benzene rings is 2. The lowest BCUT2D eigenvalue weighted by Gasteiger charge is -2.24. The average Bonchev–Trinajstić information content (AvgIpc) is 3.09. The highest BCUT2D eigenvalue weighted by Gasteiger charge is 2.18. The third kappa shape index (κ3) is 3.83. The zero-order valence-electron chi connectivity index (χ0n) is 14.1. The van der Waals surface area contributed by atoms with Crippen molar-refractivity contribution >= 4 is 40.1 Å². The summed E-state index contributed by atoms with van der Waals surface area (Å²) in [5.41, 5.74) is 2.52. The molecule has 1 heterocycles. The van der Waals surface area contributed by atoms with Gasteiger partial charge in [-0.2, -0.15) is 0 Å². The lowest BCUT2D eigenvalue weighted by Crippen LogP contribution is -2.31. The summed E-state index contributed by atoms with van der Waals surface area (Å²) in [6.07, 6.45) is 2.52. The van der Waals surface area contributed by atoms with Crippen LogP contribution < -0.4 is 0 Å². The van der Waals surface area contributed by atoms with E-state index in [1.54, 1.807) is 23.3 Å². The lowest BCUT2D eigenvalue weighted by atomic mass is 9.95. The van der Waals surface area contributed by atoms with Gasteiger partial charge in [-0.25, -0.2) is 0 Å². The van der Waals surface area contributed by atoms with Crippen LogP contribution in [0.25, 0.3) is 11.0 Å². The van der Waals surface area contributed by atoms with Crippen molar-refractivity contribution in [3.8, 4) is 0 Å². The molecule has 0 saturated carbocycles. The van der Waals surface area contributed by atoms with E-state index in [0.717, 1.165) is 23.0 Å². The molecule has 130 valence electrons. The van der Waals surface area contributed by atoms with Crippen LogP contribution >= 0.6 is 23.2 Å². The molecule has 0 bridgehead atoms. The largest absolute Gasteiger partial charge is 0.464 e. The second-order valence-corrected chi connectivity index (χ2v) is 6.95. The quantitative estimate of drug-likeness (QED) is 0.547. The molecule has 0 radical (unpaired) electrons. The van der Waals surface area contributed by atoms with Gasteiger partial charge in [0.2, 0.25) is 0 Å². The number of furan rings is 1. The van der Waals surface area contributed by atoms with Crippen molar-refractivity contribution < 1.29 is 9.21 Å². The Morgan fingerprint density at radius 2 is 1.92 bits per heavy atom. The summed E-state index contributed by atoms with van der Waals surface area (Å²) in [4.78, 5) is 14.5. The highest BCUT2D eigenvalue weighted by molar-refractivity contribution is 6.42. The maximum absolute atomic E-state index is 12.8. The first-order valence-electron chi connectivity index (χ1n) is 8.17. The van der Waals surface area contributed by atoms with Crippen molar-refractivity contribution in [2.45, 2.75) is 19.3 Å². The van der Waals surface area contributed by atoms with Crippen LogP contribution in [0, 0.1) is 0 Å². The fourth-order valence-corrected chi connectivity index (χ4v) is 3.28. The number of rotatable bonds is 5. The monoisotopic (exact) mass is 375 g/mol. The van der Waals surface area contributed by atoms with Gasteiger partial charge in [0.05, 0.1) is 16.3 Å². The minimum Gasteiger partial charge on any atom is -0.464 e. The molecule has 0 fully saturated rings. The SMILES string of the molecule is CCC(CN(C)C(=O)c1ccc2occc2c1)c1ccc(Cl)c(Cl)c1. The smallest absolute Gasteiger partial charge is 0.253 e. The summed E-state index contributed by atoms with van der Waals surface area (Å²) in [5.74, 6) is 0.183. The molecule has 1 unspecified atom stereocenters. The molecule has 25 heavy (non-hydrogen) atoms. The van der Waals surface area contributed by atoms with Gasteiger partial charge in [-0.15, -0.1) is 0 Å². The molecule has 0 N–H and O–H groups in total. The normalized spacial score (nSPS) is 12.3. The summed E-state index contributed by atoms with van der Waals surface area (Å²) in [7, 11) is 1.82. The van der Waals surface area contributed by atoms with Crippen molar-refractivity contribution in [2.75, 3.05) is 13.6 Å². The highest BCUT2D eigenvalue weighted by Crippen LogP contribution is 2.29. The number of carbonyl (C=O) groups excluding carboxylic acids is 1. The van der Waals surface area contributed by atoms with Crippen LogP contribution in [0.5, 0.6) is 0 Å². The molecular weight excluding hydrogens is 357 g/mol. The molecule has 3 aromatic rings. The first kappa shape index (κ1) is 17.8. The Balaban J connectivity index is 1.77. The van der Waals surface area contributed by atoms with E-state index in [4.69, 9.17) is 27.6 Å². The Bertz CT molecular complexity index is 904. The van der Waals surface area contributed by atoms with E-state index in [1.807, 2.05) is 37.4 Å². The zero-order chi connectivity index (χ0) is 18.0. The molecule has 2 aromatic carbocycles. The van der Waals surface area contributed by atoms with Crippen molar-refractivity contribution in [3.63, 3.8) is 0 Å². The van der Waals surface area contributed by atoms with Gasteiger partial charge in [0.15, 0.2) is 0 Å². The van der Waals surface area contributed by atoms with Gasteiger partial charge < -0.3 is 9.32 Å². The second-order valence-electron chi connectivity index (χ2n) is 6.14. The Morgan fingerprint density at radius 3 is 2.64 bits per heavy atom. The minimum atomic E-state index is -0.0124. The van der Waals surface area contributed by atoms with E-state index in [9.17, 15) is 4.79 Å². The third-order valence-electron chi connectivity index (χ3n) is 4.45. The predicted molar refractivity (Wildman–Crippen MR) is 103 cm³/mol. The Labute approximate surface area is 157 Å². The molecule has 0 aliphatic heterocycles. The van der Waals surface area contributed by atoms with Gasteiger partial charge in [-0.05, 0) is 48.4 Å². The number of likely N-dealkylation sites (N-methyl/N-ethyl adjacent to an activating group) is 1.